The van der Waals surface area contributed by atoms with Crippen molar-refractivity contribution in [1.82, 2.24) is 10.2 Å². The van der Waals surface area contributed by atoms with Crippen molar-refractivity contribution in [2.45, 2.75) is 6.92 Å². The Balaban J connectivity index is 2.00. The van der Waals surface area contributed by atoms with Crippen molar-refractivity contribution in [3.63, 3.8) is 0 Å². The van der Waals surface area contributed by atoms with E-state index in [9.17, 15) is 4.79 Å². The van der Waals surface area contributed by atoms with Gasteiger partial charge in [-0.1, -0.05) is 17.4 Å². The molecule has 7 heteroatoms. The number of nitrogens with zero attached hydrogens (tertiary/aromatic N) is 2. The molecule has 2 aromatic rings. The summed E-state index contributed by atoms with van der Waals surface area (Å²) in [6.45, 7) is 2.77. The molecule has 106 valence electrons. The second-order valence-corrected chi connectivity index (χ2v) is 5.13. The van der Waals surface area contributed by atoms with Gasteiger partial charge in [0.2, 0.25) is 5.13 Å². The van der Waals surface area contributed by atoms with Crippen LogP contribution in [0.3, 0.4) is 0 Å². The Morgan fingerprint density at radius 1 is 1.35 bits per heavy atom. The lowest BCUT2D eigenvalue weighted by Crippen LogP contribution is -2.12. The molecule has 0 aliphatic rings. The number of rotatable bonds is 6. The molecule has 0 fully saturated rings. The standard InChI is InChI=1S/C13H15N3O3S/c1-9-15-16-13(20-9)14-12(17)10-4-3-5-11(8-10)19-7-6-18-2/h3-5,8H,6-7H2,1-2H3,(H,14,16,17). The highest BCUT2D eigenvalue weighted by molar-refractivity contribution is 7.15. The quantitative estimate of drug-likeness (QED) is 0.826. The number of aryl methyl sites for hydroxylation is 1. The second-order valence-electron chi connectivity index (χ2n) is 3.95. The number of hydrogen-bond acceptors (Lipinski definition) is 6. The molecule has 0 bridgehead atoms. The van der Waals surface area contributed by atoms with Gasteiger partial charge in [-0.25, -0.2) is 0 Å². The maximum atomic E-state index is 12.1. The summed E-state index contributed by atoms with van der Waals surface area (Å²) in [5.41, 5.74) is 0.507. The average Bonchev–Trinajstić information content (AvgIpc) is 2.85. The minimum Gasteiger partial charge on any atom is -0.491 e. The van der Waals surface area contributed by atoms with Gasteiger partial charge in [-0.15, -0.1) is 10.2 Å². The fourth-order valence-corrected chi connectivity index (χ4v) is 2.07. The number of methoxy groups -OCH3 is 1. The molecule has 0 radical (unpaired) electrons. The Morgan fingerprint density at radius 3 is 2.90 bits per heavy atom. The molecule has 0 spiro atoms. The van der Waals surface area contributed by atoms with Crippen molar-refractivity contribution in [2.24, 2.45) is 0 Å². The van der Waals surface area contributed by atoms with E-state index in [0.29, 0.717) is 29.7 Å². The van der Waals surface area contributed by atoms with E-state index in [1.54, 1.807) is 31.4 Å². The molecule has 1 aromatic heterocycles. The van der Waals surface area contributed by atoms with Gasteiger partial charge in [0, 0.05) is 12.7 Å². The Labute approximate surface area is 120 Å². The first-order valence-corrected chi connectivity index (χ1v) is 6.84. The Hall–Kier alpha value is -1.99. The van der Waals surface area contributed by atoms with Crippen LogP contribution in [0.5, 0.6) is 5.75 Å². The number of amides is 1. The lowest BCUT2D eigenvalue weighted by Gasteiger charge is -2.07. The number of nitrogens with one attached hydrogen (secondary N) is 1. The molecule has 0 aliphatic heterocycles. The summed E-state index contributed by atoms with van der Waals surface area (Å²) in [7, 11) is 1.61. The van der Waals surface area contributed by atoms with E-state index in [1.807, 2.05) is 6.92 Å². The Kier molecular flexibility index (Phi) is 5.03. The molecule has 0 unspecified atom stereocenters. The van der Waals surface area contributed by atoms with E-state index in [1.165, 1.54) is 11.3 Å². The van der Waals surface area contributed by atoms with Crippen molar-refractivity contribution < 1.29 is 14.3 Å². The predicted octanol–water partition coefficient (Wildman–Crippen LogP) is 2.12. The van der Waals surface area contributed by atoms with Crippen LogP contribution in [-0.2, 0) is 4.74 Å². The van der Waals surface area contributed by atoms with Gasteiger partial charge in [-0.3, -0.25) is 10.1 Å². The zero-order valence-corrected chi connectivity index (χ0v) is 12.1. The molecular formula is C13H15N3O3S. The van der Waals surface area contributed by atoms with Gasteiger partial charge in [0.25, 0.3) is 5.91 Å². The lowest BCUT2D eigenvalue weighted by molar-refractivity contribution is 0.102. The number of carbonyl (C=O) groups excluding carboxylic acids is 1. The minimum absolute atomic E-state index is 0.238. The summed E-state index contributed by atoms with van der Waals surface area (Å²) in [6, 6.07) is 6.95. The first-order chi connectivity index (χ1) is 9.69. The third kappa shape index (κ3) is 4.01. The molecule has 1 amide bonds. The lowest BCUT2D eigenvalue weighted by atomic mass is 10.2. The van der Waals surface area contributed by atoms with E-state index < -0.39 is 0 Å². The van der Waals surface area contributed by atoms with Crippen LogP contribution in [0.25, 0.3) is 0 Å². The summed E-state index contributed by atoms with van der Waals surface area (Å²) >= 11 is 1.33. The van der Waals surface area contributed by atoms with Crippen molar-refractivity contribution in [3.05, 3.63) is 34.8 Å². The summed E-state index contributed by atoms with van der Waals surface area (Å²) in [6.07, 6.45) is 0. The summed E-state index contributed by atoms with van der Waals surface area (Å²) in [5.74, 6) is 0.390. The van der Waals surface area contributed by atoms with E-state index in [-0.39, 0.29) is 5.91 Å². The monoisotopic (exact) mass is 293 g/mol. The normalized spacial score (nSPS) is 10.3. The van der Waals surface area contributed by atoms with Crippen LogP contribution < -0.4 is 10.1 Å². The van der Waals surface area contributed by atoms with Crippen molar-refractivity contribution in [1.29, 1.82) is 0 Å². The number of carbonyl (C=O) groups is 1. The zero-order valence-electron chi connectivity index (χ0n) is 11.3. The van der Waals surface area contributed by atoms with Crippen LogP contribution in [0.15, 0.2) is 24.3 Å². The van der Waals surface area contributed by atoms with Gasteiger partial charge in [0.1, 0.15) is 17.4 Å². The highest BCUT2D eigenvalue weighted by Gasteiger charge is 2.09. The second kappa shape index (κ2) is 6.97. The van der Waals surface area contributed by atoms with Crippen molar-refractivity contribution in [3.8, 4) is 5.75 Å². The maximum Gasteiger partial charge on any atom is 0.257 e. The van der Waals surface area contributed by atoms with E-state index in [2.05, 4.69) is 15.5 Å². The fraction of sp³-hybridized carbons (Fsp3) is 0.308. The number of aromatic nitrogens is 2. The molecule has 2 rings (SSSR count). The highest BCUT2D eigenvalue weighted by atomic mass is 32.1. The predicted molar refractivity (Wildman–Crippen MR) is 76.4 cm³/mol. The molecule has 6 nitrogen and oxygen atoms in total. The van der Waals surface area contributed by atoms with Crippen LogP contribution >= 0.6 is 11.3 Å². The van der Waals surface area contributed by atoms with Crippen LogP contribution in [0, 0.1) is 6.92 Å². The molecule has 1 aromatic carbocycles. The maximum absolute atomic E-state index is 12.1. The largest absolute Gasteiger partial charge is 0.491 e. The van der Waals surface area contributed by atoms with Gasteiger partial charge in [-0.2, -0.15) is 0 Å². The number of hydrogen-bond donors (Lipinski definition) is 1. The van der Waals surface area contributed by atoms with Gasteiger partial charge >= 0.3 is 0 Å². The molecule has 0 saturated heterocycles. The van der Waals surface area contributed by atoms with Crippen LogP contribution in [0.1, 0.15) is 15.4 Å². The average molecular weight is 293 g/mol. The summed E-state index contributed by atoms with van der Waals surface area (Å²) in [5, 5.41) is 11.7. The SMILES string of the molecule is COCCOc1cccc(C(=O)Nc2nnc(C)s2)c1. The van der Waals surface area contributed by atoms with E-state index in [4.69, 9.17) is 9.47 Å². The molecular weight excluding hydrogens is 278 g/mol. The number of benzene rings is 1. The minimum atomic E-state index is -0.238. The molecule has 20 heavy (non-hydrogen) atoms. The first kappa shape index (κ1) is 14.4. The van der Waals surface area contributed by atoms with Gasteiger partial charge < -0.3 is 9.47 Å². The van der Waals surface area contributed by atoms with E-state index in [0.717, 1.165) is 5.01 Å². The van der Waals surface area contributed by atoms with Gasteiger partial charge in [0.05, 0.1) is 6.61 Å². The van der Waals surface area contributed by atoms with Gasteiger partial charge in [-0.05, 0) is 25.1 Å². The molecule has 1 N–H and O–H groups in total. The molecule has 1 heterocycles. The third-order valence-corrected chi connectivity index (χ3v) is 3.15. The van der Waals surface area contributed by atoms with Crippen molar-refractivity contribution >= 4 is 22.4 Å². The third-order valence-electron chi connectivity index (χ3n) is 2.40. The van der Waals surface area contributed by atoms with Crippen LogP contribution in [0.2, 0.25) is 0 Å². The van der Waals surface area contributed by atoms with Gasteiger partial charge in [0.15, 0.2) is 0 Å². The smallest absolute Gasteiger partial charge is 0.257 e. The molecule has 0 saturated carbocycles. The molecule has 0 atom stereocenters. The zero-order chi connectivity index (χ0) is 14.4. The first-order valence-electron chi connectivity index (χ1n) is 6.02. The Bertz CT molecular complexity index is 586. The molecule has 0 aliphatic carbocycles. The highest BCUT2D eigenvalue weighted by Crippen LogP contribution is 2.17. The summed E-state index contributed by atoms with van der Waals surface area (Å²) in [4.78, 5) is 12.1. The number of anilines is 1. The van der Waals surface area contributed by atoms with E-state index >= 15 is 0 Å². The number of ether oxygens (including phenoxy) is 2. The Morgan fingerprint density at radius 2 is 2.20 bits per heavy atom. The van der Waals surface area contributed by atoms with Crippen molar-refractivity contribution in [2.75, 3.05) is 25.6 Å². The van der Waals surface area contributed by atoms with Crippen LogP contribution in [0.4, 0.5) is 5.13 Å². The van der Waals surface area contributed by atoms with Crippen LogP contribution in [-0.4, -0.2) is 36.4 Å². The topological polar surface area (TPSA) is 73.3 Å². The fourth-order valence-electron chi connectivity index (χ4n) is 1.49. The summed E-state index contributed by atoms with van der Waals surface area (Å²) < 4.78 is 10.4.